The molecule has 1 aliphatic heterocycles. The molecule has 0 saturated heterocycles. The van der Waals surface area contributed by atoms with Gasteiger partial charge in [0.15, 0.2) is 5.96 Å². The first-order valence-corrected chi connectivity index (χ1v) is 3.19. The molecule has 0 aromatic heterocycles. The van der Waals surface area contributed by atoms with E-state index in [0.29, 0.717) is 11.1 Å². The van der Waals surface area contributed by atoms with E-state index in [1.807, 2.05) is 0 Å². The monoisotopic (exact) mass is 160 g/mol. The minimum absolute atomic E-state index is 0.259. The summed E-state index contributed by atoms with van der Waals surface area (Å²) in [7, 11) is 1.75. The van der Waals surface area contributed by atoms with Crippen LogP contribution in [0.25, 0.3) is 0 Å². The summed E-state index contributed by atoms with van der Waals surface area (Å²) >= 11 is 5.56. The minimum atomic E-state index is -0.259. The molecule has 10 heavy (non-hydrogen) atoms. The molecule has 0 aromatic carbocycles. The molecule has 5 heteroatoms. The van der Waals surface area contributed by atoms with Gasteiger partial charge in [-0.1, -0.05) is 11.6 Å². The zero-order valence-corrected chi connectivity index (χ0v) is 6.34. The average Bonchev–Trinajstić information content (AvgIpc) is 1.82. The molecule has 0 saturated carbocycles. The number of rotatable bonds is 0. The van der Waals surface area contributed by atoms with E-state index >= 15 is 0 Å². The van der Waals surface area contributed by atoms with Gasteiger partial charge in [0, 0.05) is 7.05 Å². The number of guanidine groups is 1. The molecule has 4 N–H and O–H groups in total. The predicted octanol–water partition coefficient (Wildman–Crippen LogP) is -0.389. The molecule has 1 heterocycles. The van der Waals surface area contributed by atoms with Gasteiger partial charge in [-0.2, -0.15) is 0 Å². The topological polar surface area (TPSA) is 67.6 Å². The third-order valence-electron chi connectivity index (χ3n) is 1.34. The molecule has 56 valence electrons. The normalized spacial score (nSPS) is 25.9. The van der Waals surface area contributed by atoms with E-state index in [4.69, 9.17) is 23.1 Å². The first-order chi connectivity index (χ1) is 4.61. The Labute approximate surface area is 64.1 Å². The second-order valence-electron chi connectivity index (χ2n) is 2.06. The molecule has 0 radical (unpaired) electrons. The fourth-order valence-corrected chi connectivity index (χ4v) is 0.847. The van der Waals surface area contributed by atoms with E-state index in [1.165, 1.54) is 0 Å². The second kappa shape index (κ2) is 2.48. The molecule has 0 amide bonds. The van der Waals surface area contributed by atoms with Crippen molar-refractivity contribution < 1.29 is 0 Å². The van der Waals surface area contributed by atoms with Crippen molar-refractivity contribution in [1.29, 1.82) is 0 Å². The van der Waals surface area contributed by atoms with Crippen molar-refractivity contribution >= 4 is 17.6 Å². The molecule has 1 aliphatic rings. The minimum Gasteiger partial charge on any atom is -0.369 e. The van der Waals surface area contributed by atoms with Crippen LogP contribution in [-0.2, 0) is 0 Å². The highest BCUT2D eigenvalue weighted by atomic mass is 35.5. The second-order valence-corrected chi connectivity index (χ2v) is 2.45. The largest absolute Gasteiger partial charge is 0.369 e. The van der Waals surface area contributed by atoms with Gasteiger partial charge in [0.2, 0.25) is 0 Å². The van der Waals surface area contributed by atoms with Crippen molar-refractivity contribution in [2.24, 2.45) is 16.5 Å². The molecular formula is C5H9ClN4. The van der Waals surface area contributed by atoms with E-state index in [9.17, 15) is 0 Å². The lowest BCUT2D eigenvalue weighted by molar-refractivity contribution is 0.424. The summed E-state index contributed by atoms with van der Waals surface area (Å²) in [5.41, 5.74) is 11.0. The summed E-state index contributed by atoms with van der Waals surface area (Å²) in [6.45, 7) is 0. The maximum absolute atomic E-state index is 5.56. The Bertz CT molecular complexity index is 198. The fourth-order valence-electron chi connectivity index (χ4n) is 0.631. The standard InChI is InChI=1S/C5H9ClN4/c1-10-4(7)2-3(6)9-5(10)8/h2,4H,7H2,1H3,(H2,8,9). The Morgan fingerprint density at radius 2 is 2.40 bits per heavy atom. The van der Waals surface area contributed by atoms with Gasteiger partial charge in [-0.15, -0.1) is 0 Å². The highest BCUT2D eigenvalue weighted by Gasteiger charge is 2.14. The Morgan fingerprint density at radius 3 is 2.90 bits per heavy atom. The lowest BCUT2D eigenvalue weighted by Crippen LogP contribution is -2.47. The zero-order valence-electron chi connectivity index (χ0n) is 5.58. The molecule has 0 aromatic rings. The summed E-state index contributed by atoms with van der Waals surface area (Å²) < 4.78 is 0. The van der Waals surface area contributed by atoms with Gasteiger partial charge in [0.25, 0.3) is 0 Å². The van der Waals surface area contributed by atoms with Crippen LogP contribution in [0.3, 0.4) is 0 Å². The highest BCUT2D eigenvalue weighted by molar-refractivity contribution is 6.30. The molecule has 1 atom stereocenters. The van der Waals surface area contributed by atoms with Gasteiger partial charge < -0.3 is 16.4 Å². The number of hydrogen-bond donors (Lipinski definition) is 2. The molecule has 4 nitrogen and oxygen atoms in total. The number of likely N-dealkylation sites (N-methyl/N-ethyl adjacent to an activating group) is 1. The average molecular weight is 161 g/mol. The van der Waals surface area contributed by atoms with Crippen molar-refractivity contribution in [3.8, 4) is 0 Å². The smallest absolute Gasteiger partial charge is 0.198 e. The molecule has 0 aliphatic carbocycles. The van der Waals surface area contributed by atoms with Crippen molar-refractivity contribution in [2.45, 2.75) is 6.17 Å². The van der Waals surface area contributed by atoms with Crippen molar-refractivity contribution in [1.82, 2.24) is 4.90 Å². The Morgan fingerprint density at radius 1 is 1.80 bits per heavy atom. The first kappa shape index (κ1) is 7.37. The SMILES string of the molecule is CN1C(N)=NC(Cl)=CC1N. The van der Waals surface area contributed by atoms with E-state index in [1.54, 1.807) is 18.0 Å². The van der Waals surface area contributed by atoms with Crippen LogP contribution >= 0.6 is 11.6 Å². The lowest BCUT2D eigenvalue weighted by Gasteiger charge is -2.25. The number of nitrogens with two attached hydrogens (primary N) is 2. The lowest BCUT2D eigenvalue weighted by atomic mass is 10.4. The maximum Gasteiger partial charge on any atom is 0.198 e. The van der Waals surface area contributed by atoms with Gasteiger partial charge in [-0.25, -0.2) is 4.99 Å². The third-order valence-corrected chi connectivity index (χ3v) is 1.55. The maximum atomic E-state index is 5.56. The van der Waals surface area contributed by atoms with Crippen LogP contribution in [0.15, 0.2) is 16.2 Å². The number of hydrogen-bond acceptors (Lipinski definition) is 4. The van der Waals surface area contributed by atoms with Crippen molar-refractivity contribution in [3.05, 3.63) is 11.2 Å². The Kier molecular flexibility index (Phi) is 1.82. The molecule has 1 rings (SSSR count). The fraction of sp³-hybridized carbons (Fsp3) is 0.400. The predicted molar refractivity (Wildman–Crippen MR) is 41.3 cm³/mol. The van der Waals surface area contributed by atoms with Crippen LogP contribution in [0, 0.1) is 0 Å². The summed E-state index contributed by atoms with van der Waals surface area (Å²) in [5, 5.41) is 0.350. The number of aliphatic imine (C=N–C) groups is 1. The van der Waals surface area contributed by atoms with Crippen LogP contribution in [0.2, 0.25) is 0 Å². The molecule has 0 fully saturated rings. The van der Waals surface area contributed by atoms with Gasteiger partial charge in [-0.3, -0.25) is 0 Å². The highest BCUT2D eigenvalue weighted by Crippen LogP contribution is 2.10. The first-order valence-electron chi connectivity index (χ1n) is 2.81. The van der Waals surface area contributed by atoms with Crippen molar-refractivity contribution in [2.75, 3.05) is 7.05 Å². The van der Waals surface area contributed by atoms with Crippen LogP contribution < -0.4 is 11.5 Å². The number of halogens is 1. The molecule has 1 unspecified atom stereocenters. The number of nitrogens with zero attached hydrogens (tertiary/aromatic N) is 2. The van der Waals surface area contributed by atoms with E-state index < -0.39 is 0 Å². The quantitative estimate of drug-likeness (QED) is 0.475. The zero-order chi connectivity index (χ0) is 7.72. The summed E-state index contributed by atoms with van der Waals surface area (Å²) in [6.07, 6.45) is 1.36. The summed E-state index contributed by atoms with van der Waals surface area (Å²) in [6, 6.07) is 0. The van der Waals surface area contributed by atoms with Gasteiger partial charge >= 0.3 is 0 Å². The van der Waals surface area contributed by atoms with E-state index in [2.05, 4.69) is 4.99 Å². The van der Waals surface area contributed by atoms with Gasteiger partial charge in [-0.05, 0) is 6.08 Å². The van der Waals surface area contributed by atoms with Gasteiger partial charge in [0.1, 0.15) is 11.3 Å². The van der Waals surface area contributed by atoms with Crippen molar-refractivity contribution in [3.63, 3.8) is 0 Å². The Balaban J connectivity index is 2.85. The molecule has 0 spiro atoms. The van der Waals surface area contributed by atoms with Crippen LogP contribution in [-0.4, -0.2) is 24.1 Å². The third kappa shape index (κ3) is 1.22. The van der Waals surface area contributed by atoms with E-state index in [0.717, 1.165) is 0 Å². The molecular weight excluding hydrogens is 152 g/mol. The summed E-state index contributed by atoms with van der Waals surface area (Å²) in [5.74, 6) is 0.347. The van der Waals surface area contributed by atoms with Crippen LogP contribution in [0.5, 0.6) is 0 Å². The van der Waals surface area contributed by atoms with Crippen LogP contribution in [0.1, 0.15) is 0 Å². The van der Waals surface area contributed by atoms with Crippen LogP contribution in [0.4, 0.5) is 0 Å². The Hall–Kier alpha value is -0.740. The van der Waals surface area contributed by atoms with Gasteiger partial charge in [0.05, 0.1) is 0 Å². The van der Waals surface area contributed by atoms with E-state index in [-0.39, 0.29) is 6.17 Å². The summed E-state index contributed by atoms with van der Waals surface area (Å²) in [4.78, 5) is 5.41. The molecule has 0 bridgehead atoms.